The van der Waals surface area contributed by atoms with Crippen molar-refractivity contribution in [3.05, 3.63) is 95.1 Å². The van der Waals surface area contributed by atoms with E-state index in [0.717, 1.165) is 11.1 Å². The molecule has 210 valence electrons. The van der Waals surface area contributed by atoms with Gasteiger partial charge in [-0.25, -0.2) is 0 Å². The maximum atomic E-state index is 12.6. The molecule has 0 saturated carbocycles. The number of thiocarbonyl (C=S) groups is 1. The minimum atomic E-state index is -0.472. The molecule has 0 unspecified atom stereocenters. The largest absolute Gasteiger partial charge is 0.484 e. The Balaban J connectivity index is 1.42. The van der Waals surface area contributed by atoms with E-state index in [4.69, 9.17) is 17.0 Å². The highest BCUT2D eigenvalue weighted by molar-refractivity contribution is 7.80. The van der Waals surface area contributed by atoms with Crippen molar-refractivity contribution in [2.75, 3.05) is 11.9 Å². The summed E-state index contributed by atoms with van der Waals surface area (Å²) in [4.78, 5) is 37.2. The Kier molecular flexibility index (Phi) is 9.65. The van der Waals surface area contributed by atoms with Gasteiger partial charge in [-0.15, -0.1) is 0 Å². The molecule has 0 fully saturated rings. The third-order valence-electron chi connectivity index (χ3n) is 6.05. The summed E-state index contributed by atoms with van der Waals surface area (Å²) in [5.41, 5.74) is 8.66. The summed E-state index contributed by atoms with van der Waals surface area (Å²) in [6.45, 7) is 12.5. The van der Waals surface area contributed by atoms with Crippen molar-refractivity contribution in [3.8, 4) is 5.75 Å². The van der Waals surface area contributed by atoms with E-state index >= 15 is 0 Å². The number of carbonyl (C=O) groups excluding carboxylic acids is 3. The molecule has 0 heterocycles. The van der Waals surface area contributed by atoms with Crippen LogP contribution >= 0.6 is 12.2 Å². The van der Waals surface area contributed by atoms with Crippen LogP contribution in [0.25, 0.3) is 0 Å². The van der Waals surface area contributed by atoms with Crippen LogP contribution in [-0.4, -0.2) is 29.4 Å². The third-order valence-corrected chi connectivity index (χ3v) is 6.25. The molecule has 0 saturated heterocycles. The second-order valence-electron chi connectivity index (χ2n) is 11.4. The molecule has 0 radical (unpaired) electrons. The molecule has 0 bridgehead atoms. The highest BCUT2D eigenvalue weighted by atomic mass is 32.1. The lowest BCUT2D eigenvalue weighted by molar-refractivity contribution is -0.121. The first-order valence-corrected chi connectivity index (χ1v) is 13.3. The molecule has 3 rings (SSSR count). The molecule has 8 nitrogen and oxygen atoms in total. The third kappa shape index (κ3) is 8.91. The second kappa shape index (κ2) is 12.7. The minimum Gasteiger partial charge on any atom is -0.484 e. The van der Waals surface area contributed by atoms with Crippen LogP contribution in [0.5, 0.6) is 5.75 Å². The summed E-state index contributed by atoms with van der Waals surface area (Å²) >= 11 is 5.07. The van der Waals surface area contributed by atoms with Crippen LogP contribution in [0.15, 0.2) is 72.8 Å². The van der Waals surface area contributed by atoms with Crippen molar-refractivity contribution in [3.63, 3.8) is 0 Å². The van der Waals surface area contributed by atoms with Crippen LogP contribution in [0, 0.1) is 0 Å². The highest BCUT2D eigenvalue weighted by Gasteiger charge is 2.15. The molecule has 0 atom stereocenters. The van der Waals surface area contributed by atoms with Gasteiger partial charge in [0.05, 0.1) is 0 Å². The molecule has 0 aliphatic rings. The zero-order valence-corrected chi connectivity index (χ0v) is 24.5. The highest BCUT2D eigenvalue weighted by Crippen LogP contribution is 2.24. The van der Waals surface area contributed by atoms with Gasteiger partial charge in [0, 0.05) is 16.8 Å². The van der Waals surface area contributed by atoms with Crippen molar-refractivity contribution in [1.82, 2.24) is 16.2 Å². The van der Waals surface area contributed by atoms with Gasteiger partial charge in [0.2, 0.25) is 0 Å². The molecule has 9 heteroatoms. The number of ether oxygens (including phenoxy) is 1. The summed E-state index contributed by atoms with van der Waals surface area (Å²) in [7, 11) is 0. The number of hydrogen-bond acceptors (Lipinski definition) is 5. The molecule has 40 heavy (non-hydrogen) atoms. The molecular weight excluding hydrogens is 524 g/mol. The Morgan fingerprint density at radius 1 is 0.675 bits per heavy atom. The average molecular weight is 561 g/mol. The first kappa shape index (κ1) is 30.3. The van der Waals surface area contributed by atoms with Crippen molar-refractivity contribution in [1.29, 1.82) is 0 Å². The number of hydrazine groups is 1. The monoisotopic (exact) mass is 560 g/mol. The normalized spacial score (nSPS) is 11.2. The molecule has 0 spiro atoms. The van der Waals surface area contributed by atoms with E-state index in [9.17, 15) is 14.4 Å². The predicted molar refractivity (Wildman–Crippen MR) is 162 cm³/mol. The SMILES string of the molecule is CC(C)(C)c1ccc(OCC(=O)NC(=S)NNC(=O)c2ccc(NC(=O)c3ccc(C(C)(C)C)cc3)cc2)cc1. The summed E-state index contributed by atoms with van der Waals surface area (Å²) < 4.78 is 5.50. The van der Waals surface area contributed by atoms with Gasteiger partial charge in [-0.2, -0.15) is 0 Å². The second-order valence-corrected chi connectivity index (χ2v) is 11.8. The predicted octanol–water partition coefficient (Wildman–Crippen LogP) is 5.25. The average Bonchev–Trinajstić information content (AvgIpc) is 2.90. The van der Waals surface area contributed by atoms with Crippen LogP contribution in [-0.2, 0) is 15.6 Å². The van der Waals surface area contributed by atoms with Crippen LogP contribution in [0.4, 0.5) is 5.69 Å². The maximum absolute atomic E-state index is 12.6. The number of amides is 3. The molecule has 0 aliphatic heterocycles. The van der Waals surface area contributed by atoms with Crippen LogP contribution in [0.3, 0.4) is 0 Å². The van der Waals surface area contributed by atoms with Gasteiger partial charge in [-0.3, -0.25) is 30.6 Å². The molecule has 3 aromatic rings. The van der Waals surface area contributed by atoms with Crippen molar-refractivity contribution in [2.45, 2.75) is 52.4 Å². The van der Waals surface area contributed by atoms with Gasteiger partial charge in [0.25, 0.3) is 17.7 Å². The zero-order valence-electron chi connectivity index (χ0n) is 23.7. The van der Waals surface area contributed by atoms with E-state index in [1.165, 1.54) is 0 Å². The fourth-order valence-electron chi connectivity index (χ4n) is 3.61. The van der Waals surface area contributed by atoms with E-state index in [0.29, 0.717) is 22.6 Å². The lowest BCUT2D eigenvalue weighted by atomic mass is 9.87. The number of benzene rings is 3. The van der Waals surface area contributed by atoms with Gasteiger partial charge in [0.1, 0.15) is 5.75 Å². The van der Waals surface area contributed by atoms with Crippen molar-refractivity contribution < 1.29 is 19.1 Å². The number of nitrogens with one attached hydrogen (secondary N) is 4. The molecule has 4 N–H and O–H groups in total. The van der Waals surface area contributed by atoms with Gasteiger partial charge in [-0.1, -0.05) is 65.8 Å². The fourth-order valence-corrected chi connectivity index (χ4v) is 3.77. The number of hydrogen-bond donors (Lipinski definition) is 4. The molecule has 3 amide bonds. The molecule has 0 aliphatic carbocycles. The first-order valence-electron chi connectivity index (χ1n) is 12.9. The minimum absolute atomic E-state index is 0.00336. The lowest BCUT2D eigenvalue weighted by Gasteiger charge is -2.19. The zero-order chi connectivity index (χ0) is 29.5. The van der Waals surface area contributed by atoms with E-state index in [1.54, 1.807) is 36.4 Å². The Hall–Kier alpha value is -4.24. The van der Waals surface area contributed by atoms with E-state index < -0.39 is 11.8 Å². The van der Waals surface area contributed by atoms with Crippen LogP contribution in [0.2, 0.25) is 0 Å². The van der Waals surface area contributed by atoms with Gasteiger partial charge < -0.3 is 10.1 Å². The maximum Gasteiger partial charge on any atom is 0.269 e. The molecule has 3 aromatic carbocycles. The number of carbonyl (C=O) groups is 3. The Bertz CT molecular complexity index is 1350. The fraction of sp³-hybridized carbons (Fsp3) is 0.290. The van der Waals surface area contributed by atoms with Crippen molar-refractivity contribution >= 4 is 40.7 Å². The quantitative estimate of drug-likeness (QED) is 0.242. The van der Waals surface area contributed by atoms with E-state index in [2.05, 4.69) is 63.0 Å². The van der Waals surface area contributed by atoms with E-state index in [-0.39, 0.29) is 28.5 Å². The smallest absolute Gasteiger partial charge is 0.269 e. The Morgan fingerprint density at radius 3 is 1.68 bits per heavy atom. The number of anilines is 1. The van der Waals surface area contributed by atoms with Crippen LogP contribution in [0.1, 0.15) is 73.4 Å². The molecule has 0 aromatic heterocycles. The topological polar surface area (TPSA) is 109 Å². The molecular formula is C31H36N4O4S. The summed E-state index contributed by atoms with van der Waals surface area (Å²) in [5.74, 6) is -0.623. The summed E-state index contributed by atoms with van der Waals surface area (Å²) in [5, 5.41) is 5.19. The standard InChI is InChI=1S/C31H36N4O4S/c1-30(2,3)22-11-7-20(8-12-22)27(37)32-24-15-9-21(10-16-24)28(38)34-35-29(40)33-26(36)19-39-25-17-13-23(14-18-25)31(4,5)6/h7-18H,19H2,1-6H3,(H,32,37)(H,34,38)(H2,33,35,36,40). The Labute approximate surface area is 240 Å². The van der Waals surface area contributed by atoms with Crippen molar-refractivity contribution in [2.24, 2.45) is 0 Å². The van der Waals surface area contributed by atoms with Crippen LogP contribution < -0.4 is 26.2 Å². The summed E-state index contributed by atoms with van der Waals surface area (Å²) in [6.07, 6.45) is 0. The Morgan fingerprint density at radius 2 is 1.15 bits per heavy atom. The van der Waals surface area contributed by atoms with Gasteiger partial charge in [0.15, 0.2) is 11.7 Å². The lowest BCUT2D eigenvalue weighted by Crippen LogP contribution is -2.49. The first-order chi connectivity index (χ1) is 18.7. The summed E-state index contributed by atoms with van der Waals surface area (Å²) in [6, 6.07) is 21.4. The van der Waals surface area contributed by atoms with Gasteiger partial charge >= 0.3 is 0 Å². The number of rotatable bonds is 6. The van der Waals surface area contributed by atoms with Gasteiger partial charge in [-0.05, 0) is 82.7 Å². The van der Waals surface area contributed by atoms with E-state index in [1.807, 2.05) is 36.4 Å².